The molecule has 28 heavy (non-hydrogen) atoms. The van der Waals surface area contributed by atoms with Gasteiger partial charge < -0.3 is 10.2 Å². The van der Waals surface area contributed by atoms with Gasteiger partial charge in [-0.2, -0.15) is 0 Å². The summed E-state index contributed by atoms with van der Waals surface area (Å²) >= 11 is 5.91. The smallest absolute Gasteiger partial charge is 0.229 e. The number of nitrogens with zero attached hydrogens (tertiary/aromatic N) is 1. The lowest BCUT2D eigenvalue weighted by Gasteiger charge is -2.23. The summed E-state index contributed by atoms with van der Waals surface area (Å²) in [5.41, 5.74) is 2.98. The van der Waals surface area contributed by atoms with Crippen molar-refractivity contribution in [1.29, 1.82) is 0 Å². The zero-order valence-electron chi connectivity index (χ0n) is 16.7. The molecule has 2 amide bonds. The summed E-state index contributed by atoms with van der Waals surface area (Å²) in [6.07, 6.45) is 1.02. The van der Waals surface area contributed by atoms with E-state index in [1.54, 1.807) is 4.90 Å². The second-order valence-electron chi connectivity index (χ2n) is 8.40. The quantitative estimate of drug-likeness (QED) is 0.795. The van der Waals surface area contributed by atoms with Crippen molar-refractivity contribution in [3.05, 3.63) is 64.7 Å². The molecule has 0 radical (unpaired) electrons. The summed E-state index contributed by atoms with van der Waals surface area (Å²) < 4.78 is 0. The molecule has 1 heterocycles. The number of amides is 2. The van der Waals surface area contributed by atoms with Crippen LogP contribution in [0.15, 0.2) is 48.5 Å². The third kappa shape index (κ3) is 4.93. The molecular weight excluding hydrogens is 372 g/mol. The van der Waals surface area contributed by atoms with Crippen LogP contribution < -0.4 is 5.32 Å². The van der Waals surface area contributed by atoms with Gasteiger partial charge in [-0.3, -0.25) is 9.59 Å². The van der Waals surface area contributed by atoms with Crippen LogP contribution in [0.5, 0.6) is 0 Å². The first-order chi connectivity index (χ1) is 13.2. The van der Waals surface area contributed by atoms with Crippen molar-refractivity contribution in [3.63, 3.8) is 0 Å². The Hall–Kier alpha value is -2.33. The number of carbonyl (C=O) groups is 2. The van der Waals surface area contributed by atoms with Gasteiger partial charge in [-0.05, 0) is 41.2 Å². The Kier molecular flexibility index (Phi) is 6.09. The molecule has 148 valence electrons. The molecule has 1 aliphatic heterocycles. The van der Waals surface area contributed by atoms with Gasteiger partial charge >= 0.3 is 0 Å². The Balaban J connectivity index is 1.60. The molecule has 1 aliphatic rings. The lowest BCUT2D eigenvalue weighted by molar-refractivity contribution is -0.128. The third-order valence-corrected chi connectivity index (χ3v) is 5.41. The van der Waals surface area contributed by atoms with Crippen LogP contribution in [0.3, 0.4) is 0 Å². The minimum Gasteiger partial charge on any atom is -0.342 e. The summed E-state index contributed by atoms with van der Waals surface area (Å²) in [6.45, 7) is 7.44. The standard InChI is InChI=1S/C23H27ClN2O2/c1-23(2,3)19-6-4-5-7-20(19)25-22(28)17-14-21(27)26(15-17)13-12-16-8-10-18(24)11-9-16/h4-11,17H,12-15H2,1-3H3,(H,25,28). The molecule has 1 unspecified atom stereocenters. The number of likely N-dealkylation sites (tertiary alicyclic amines) is 1. The van der Waals surface area contributed by atoms with Gasteiger partial charge in [-0.25, -0.2) is 0 Å². The number of hydrogen-bond donors (Lipinski definition) is 1. The Morgan fingerprint density at radius 1 is 1.14 bits per heavy atom. The Labute approximate surface area is 171 Å². The molecule has 5 heteroatoms. The van der Waals surface area contributed by atoms with E-state index >= 15 is 0 Å². The predicted molar refractivity (Wildman–Crippen MR) is 114 cm³/mol. The first kappa shape index (κ1) is 20.4. The summed E-state index contributed by atoms with van der Waals surface area (Å²) in [4.78, 5) is 26.9. The van der Waals surface area contributed by atoms with E-state index in [4.69, 9.17) is 11.6 Å². The van der Waals surface area contributed by atoms with Crippen LogP contribution in [0.1, 0.15) is 38.3 Å². The van der Waals surface area contributed by atoms with Crippen molar-refractivity contribution >= 4 is 29.1 Å². The maximum atomic E-state index is 12.8. The molecule has 0 saturated carbocycles. The summed E-state index contributed by atoms with van der Waals surface area (Å²) in [5.74, 6) is -0.358. The maximum Gasteiger partial charge on any atom is 0.229 e. The number of benzene rings is 2. The van der Waals surface area contributed by atoms with Crippen LogP contribution >= 0.6 is 11.6 Å². The van der Waals surface area contributed by atoms with Crippen LogP contribution in [0.4, 0.5) is 5.69 Å². The first-order valence-electron chi connectivity index (χ1n) is 9.66. The van der Waals surface area contributed by atoms with E-state index in [2.05, 4.69) is 26.1 Å². The molecule has 0 spiro atoms. The highest BCUT2D eigenvalue weighted by Gasteiger charge is 2.34. The second kappa shape index (κ2) is 8.36. The van der Waals surface area contributed by atoms with E-state index in [-0.39, 0.29) is 29.6 Å². The van der Waals surface area contributed by atoms with Gasteiger partial charge in [0.05, 0.1) is 5.92 Å². The van der Waals surface area contributed by atoms with E-state index in [0.717, 1.165) is 23.2 Å². The van der Waals surface area contributed by atoms with Gasteiger partial charge in [0.2, 0.25) is 11.8 Å². The van der Waals surface area contributed by atoms with E-state index in [1.807, 2.05) is 48.5 Å². The van der Waals surface area contributed by atoms with Crippen molar-refractivity contribution in [1.82, 2.24) is 4.90 Å². The topological polar surface area (TPSA) is 49.4 Å². The summed E-state index contributed by atoms with van der Waals surface area (Å²) in [5, 5.41) is 3.75. The summed E-state index contributed by atoms with van der Waals surface area (Å²) in [6, 6.07) is 15.5. The molecule has 1 saturated heterocycles. The Morgan fingerprint density at radius 2 is 1.82 bits per heavy atom. The highest BCUT2D eigenvalue weighted by molar-refractivity contribution is 6.30. The number of halogens is 1. The summed E-state index contributed by atoms with van der Waals surface area (Å²) in [7, 11) is 0. The highest BCUT2D eigenvalue weighted by Crippen LogP contribution is 2.30. The van der Waals surface area contributed by atoms with E-state index < -0.39 is 0 Å². The normalized spacial score (nSPS) is 17.1. The molecule has 2 aromatic rings. The van der Waals surface area contributed by atoms with Crippen molar-refractivity contribution in [3.8, 4) is 0 Å². The zero-order chi connectivity index (χ0) is 20.3. The number of carbonyl (C=O) groups excluding carboxylic acids is 2. The lowest BCUT2D eigenvalue weighted by Crippen LogP contribution is -2.30. The fraction of sp³-hybridized carbons (Fsp3) is 0.391. The zero-order valence-corrected chi connectivity index (χ0v) is 17.4. The minimum absolute atomic E-state index is 0.0400. The van der Waals surface area contributed by atoms with Gasteiger partial charge in [-0.15, -0.1) is 0 Å². The minimum atomic E-state index is -0.314. The van der Waals surface area contributed by atoms with E-state index in [0.29, 0.717) is 18.1 Å². The van der Waals surface area contributed by atoms with Gasteiger partial charge in [0.15, 0.2) is 0 Å². The van der Waals surface area contributed by atoms with Crippen LogP contribution in [0.25, 0.3) is 0 Å². The molecule has 1 N–H and O–H groups in total. The van der Waals surface area contributed by atoms with Crippen LogP contribution in [-0.2, 0) is 21.4 Å². The number of nitrogens with one attached hydrogen (secondary N) is 1. The number of rotatable bonds is 5. The Bertz CT molecular complexity index is 856. The van der Waals surface area contributed by atoms with E-state index in [9.17, 15) is 9.59 Å². The van der Waals surface area contributed by atoms with Gasteiger partial charge in [0.25, 0.3) is 0 Å². The molecule has 4 nitrogen and oxygen atoms in total. The van der Waals surface area contributed by atoms with Crippen molar-refractivity contribution < 1.29 is 9.59 Å². The highest BCUT2D eigenvalue weighted by atomic mass is 35.5. The number of para-hydroxylation sites is 1. The number of anilines is 1. The van der Waals surface area contributed by atoms with Crippen molar-refractivity contribution in [2.24, 2.45) is 5.92 Å². The SMILES string of the molecule is CC(C)(C)c1ccccc1NC(=O)C1CC(=O)N(CCc2ccc(Cl)cc2)C1. The molecule has 0 bridgehead atoms. The van der Waals surface area contributed by atoms with Gasteiger partial charge in [0, 0.05) is 30.2 Å². The largest absolute Gasteiger partial charge is 0.342 e. The van der Waals surface area contributed by atoms with Crippen molar-refractivity contribution in [2.45, 2.75) is 39.0 Å². The molecular formula is C23H27ClN2O2. The molecule has 2 aromatic carbocycles. The van der Waals surface area contributed by atoms with Crippen LogP contribution in [0, 0.1) is 5.92 Å². The lowest BCUT2D eigenvalue weighted by atomic mass is 9.85. The molecule has 0 aromatic heterocycles. The molecule has 1 fully saturated rings. The fourth-order valence-electron chi connectivity index (χ4n) is 3.56. The number of hydrogen-bond acceptors (Lipinski definition) is 2. The average Bonchev–Trinajstić information content (AvgIpc) is 3.02. The van der Waals surface area contributed by atoms with Gasteiger partial charge in [0.1, 0.15) is 0 Å². The monoisotopic (exact) mass is 398 g/mol. The van der Waals surface area contributed by atoms with Gasteiger partial charge in [-0.1, -0.05) is 62.7 Å². The Morgan fingerprint density at radius 3 is 2.50 bits per heavy atom. The molecule has 1 atom stereocenters. The molecule has 0 aliphatic carbocycles. The van der Waals surface area contributed by atoms with Crippen LogP contribution in [0.2, 0.25) is 5.02 Å². The maximum absolute atomic E-state index is 12.8. The van der Waals surface area contributed by atoms with E-state index in [1.165, 1.54) is 0 Å². The van der Waals surface area contributed by atoms with Crippen LogP contribution in [-0.4, -0.2) is 29.8 Å². The average molecular weight is 399 g/mol. The first-order valence-corrected chi connectivity index (χ1v) is 10.0. The molecule has 3 rings (SSSR count). The second-order valence-corrected chi connectivity index (χ2v) is 8.84. The van der Waals surface area contributed by atoms with Crippen molar-refractivity contribution in [2.75, 3.05) is 18.4 Å². The third-order valence-electron chi connectivity index (χ3n) is 5.16. The predicted octanol–water partition coefficient (Wildman–Crippen LogP) is 4.67. The fourth-order valence-corrected chi connectivity index (χ4v) is 3.69.